The van der Waals surface area contributed by atoms with Gasteiger partial charge in [-0.2, -0.15) is 0 Å². The average Bonchev–Trinajstić information content (AvgIpc) is 2.43. The summed E-state index contributed by atoms with van der Waals surface area (Å²) in [5.74, 6) is -0.827. The number of aryl methyl sites for hydroxylation is 1. The van der Waals surface area contributed by atoms with Crippen molar-refractivity contribution in [2.75, 3.05) is 0 Å². The number of carbonyl (C=O) groups excluding carboxylic acids is 1. The number of halogens is 1. The second-order valence-electron chi connectivity index (χ2n) is 4.38. The van der Waals surface area contributed by atoms with E-state index in [1.54, 1.807) is 31.2 Å². The normalized spacial score (nSPS) is 11.4. The fourth-order valence-corrected chi connectivity index (χ4v) is 1.92. The van der Waals surface area contributed by atoms with E-state index in [2.05, 4.69) is 0 Å². The summed E-state index contributed by atoms with van der Waals surface area (Å²) in [6.45, 7) is 1.73. The zero-order valence-corrected chi connectivity index (χ0v) is 11.6. The Kier molecular flexibility index (Phi) is 4.11. The second-order valence-corrected chi connectivity index (χ2v) is 4.79. The van der Waals surface area contributed by atoms with Crippen LogP contribution in [0.4, 0.5) is 0 Å². The first-order chi connectivity index (χ1) is 9.49. The molecular formula is C16H13ClO3. The number of rotatable bonds is 3. The third kappa shape index (κ3) is 3.00. The average molecular weight is 289 g/mol. The molecule has 102 valence electrons. The number of aromatic hydroxyl groups is 1. The van der Waals surface area contributed by atoms with Gasteiger partial charge in [-0.25, -0.2) is 0 Å². The zero-order chi connectivity index (χ0) is 14.7. The summed E-state index contributed by atoms with van der Waals surface area (Å²) in [5, 5.41) is 20.1. The standard InChI is InChI=1S/C16H13ClO3/c1-10-7-15(19)12(8-13(10)17)16(20)9-14(18)11-5-3-2-4-6-11/h2-9,18-19H,1H3/b14-9-. The van der Waals surface area contributed by atoms with Crippen LogP contribution in [0.3, 0.4) is 0 Å². The summed E-state index contributed by atoms with van der Waals surface area (Å²) in [5.41, 5.74) is 1.26. The maximum atomic E-state index is 12.1. The van der Waals surface area contributed by atoms with Crippen molar-refractivity contribution in [1.82, 2.24) is 0 Å². The lowest BCUT2D eigenvalue weighted by atomic mass is 10.0. The quantitative estimate of drug-likeness (QED) is 0.507. The van der Waals surface area contributed by atoms with Crippen LogP contribution in [0.5, 0.6) is 5.75 Å². The van der Waals surface area contributed by atoms with Crippen LogP contribution in [0.1, 0.15) is 21.5 Å². The first-order valence-electron chi connectivity index (χ1n) is 5.98. The molecule has 0 heterocycles. The van der Waals surface area contributed by atoms with E-state index in [1.165, 1.54) is 12.1 Å². The number of hydrogen-bond acceptors (Lipinski definition) is 3. The largest absolute Gasteiger partial charge is 0.507 e. The number of allylic oxidation sites excluding steroid dienone is 1. The molecular weight excluding hydrogens is 276 g/mol. The number of phenolic OH excluding ortho intramolecular Hbond substituents is 1. The SMILES string of the molecule is Cc1cc(O)c(C(=O)/C=C(\O)c2ccccc2)cc1Cl. The Bertz CT molecular complexity index is 676. The molecule has 2 aromatic rings. The van der Waals surface area contributed by atoms with Gasteiger partial charge in [-0.3, -0.25) is 4.79 Å². The molecule has 0 aromatic heterocycles. The maximum Gasteiger partial charge on any atom is 0.193 e. The Balaban J connectivity index is 2.35. The van der Waals surface area contributed by atoms with Gasteiger partial charge in [-0.1, -0.05) is 41.9 Å². The van der Waals surface area contributed by atoms with Crippen molar-refractivity contribution >= 4 is 23.1 Å². The molecule has 0 saturated heterocycles. The minimum Gasteiger partial charge on any atom is -0.507 e. The molecule has 2 aromatic carbocycles. The molecule has 0 aliphatic carbocycles. The Hall–Kier alpha value is -2.26. The van der Waals surface area contributed by atoms with Gasteiger partial charge in [0.25, 0.3) is 0 Å². The van der Waals surface area contributed by atoms with Crippen LogP contribution in [-0.4, -0.2) is 16.0 Å². The van der Waals surface area contributed by atoms with Crippen molar-refractivity contribution in [1.29, 1.82) is 0 Å². The van der Waals surface area contributed by atoms with Crippen LogP contribution in [0.25, 0.3) is 5.76 Å². The number of ketones is 1. The summed E-state index contributed by atoms with van der Waals surface area (Å²) in [7, 11) is 0. The van der Waals surface area contributed by atoms with Crippen LogP contribution in [0.15, 0.2) is 48.5 Å². The Morgan fingerprint density at radius 2 is 1.85 bits per heavy atom. The summed E-state index contributed by atoms with van der Waals surface area (Å²) in [6.07, 6.45) is 1.07. The molecule has 0 saturated carbocycles. The lowest BCUT2D eigenvalue weighted by Crippen LogP contribution is -1.98. The highest BCUT2D eigenvalue weighted by Crippen LogP contribution is 2.26. The molecule has 0 fully saturated rings. The number of phenols is 1. The van der Waals surface area contributed by atoms with Crippen molar-refractivity contribution in [3.05, 3.63) is 70.3 Å². The summed E-state index contributed by atoms with van der Waals surface area (Å²) in [4.78, 5) is 12.1. The number of aliphatic hydroxyl groups excluding tert-OH is 1. The van der Waals surface area contributed by atoms with Gasteiger partial charge in [-0.05, 0) is 24.6 Å². The first-order valence-corrected chi connectivity index (χ1v) is 6.36. The fourth-order valence-electron chi connectivity index (χ4n) is 1.76. The van der Waals surface area contributed by atoms with Crippen LogP contribution >= 0.6 is 11.6 Å². The molecule has 0 unspecified atom stereocenters. The highest BCUT2D eigenvalue weighted by atomic mass is 35.5. The van der Waals surface area contributed by atoms with E-state index in [0.29, 0.717) is 16.1 Å². The van der Waals surface area contributed by atoms with Crippen molar-refractivity contribution in [2.24, 2.45) is 0 Å². The molecule has 4 heteroatoms. The molecule has 0 atom stereocenters. The molecule has 0 aliphatic rings. The van der Waals surface area contributed by atoms with Crippen LogP contribution < -0.4 is 0 Å². The number of aliphatic hydroxyl groups is 1. The predicted octanol–water partition coefficient (Wildman–Crippen LogP) is 4.14. The fraction of sp³-hybridized carbons (Fsp3) is 0.0625. The van der Waals surface area contributed by atoms with E-state index >= 15 is 0 Å². The molecule has 0 bridgehead atoms. The summed E-state index contributed by atoms with van der Waals surface area (Å²) < 4.78 is 0. The van der Waals surface area contributed by atoms with E-state index in [0.717, 1.165) is 6.08 Å². The van der Waals surface area contributed by atoms with E-state index in [-0.39, 0.29) is 17.1 Å². The molecule has 20 heavy (non-hydrogen) atoms. The van der Waals surface area contributed by atoms with Gasteiger partial charge in [0, 0.05) is 16.7 Å². The van der Waals surface area contributed by atoms with Crippen molar-refractivity contribution in [2.45, 2.75) is 6.92 Å². The number of hydrogen-bond donors (Lipinski definition) is 2. The Morgan fingerprint density at radius 1 is 1.20 bits per heavy atom. The second kappa shape index (κ2) is 5.80. The van der Waals surface area contributed by atoms with E-state index < -0.39 is 5.78 Å². The van der Waals surface area contributed by atoms with Gasteiger partial charge >= 0.3 is 0 Å². The Morgan fingerprint density at radius 3 is 2.50 bits per heavy atom. The molecule has 0 aliphatic heterocycles. The monoisotopic (exact) mass is 288 g/mol. The zero-order valence-electron chi connectivity index (χ0n) is 10.8. The van der Waals surface area contributed by atoms with Gasteiger partial charge in [0.05, 0.1) is 5.56 Å². The van der Waals surface area contributed by atoms with E-state index in [1.807, 2.05) is 6.07 Å². The van der Waals surface area contributed by atoms with E-state index in [4.69, 9.17) is 11.6 Å². The Labute approximate surface area is 121 Å². The summed E-state index contributed by atoms with van der Waals surface area (Å²) >= 11 is 5.94. The highest BCUT2D eigenvalue weighted by molar-refractivity contribution is 6.32. The smallest absolute Gasteiger partial charge is 0.193 e. The van der Waals surface area contributed by atoms with Crippen LogP contribution in [-0.2, 0) is 0 Å². The molecule has 2 rings (SSSR count). The van der Waals surface area contributed by atoms with Crippen molar-refractivity contribution < 1.29 is 15.0 Å². The molecule has 2 N–H and O–H groups in total. The topological polar surface area (TPSA) is 57.5 Å². The highest BCUT2D eigenvalue weighted by Gasteiger charge is 2.13. The maximum absolute atomic E-state index is 12.1. The minimum atomic E-state index is -0.509. The molecule has 3 nitrogen and oxygen atoms in total. The van der Waals surface area contributed by atoms with Crippen molar-refractivity contribution in [3.63, 3.8) is 0 Å². The summed E-state index contributed by atoms with van der Waals surface area (Å²) in [6, 6.07) is 11.5. The first kappa shape index (κ1) is 14.2. The van der Waals surface area contributed by atoms with Gasteiger partial charge in [-0.15, -0.1) is 0 Å². The van der Waals surface area contributed by atoms with Crippen LogP contribution in [0, 0.1) is 6.92 Å². The van der Waals surface area contributed by atoms with Gasteiger partial charge in [0.2, 0.25) is 0 Å². The molecule has 0 amide bonds. The van der Waals surface area contributed by atoms with Gasteiger partial charge in [0.1, 0.15) is 11.5 Å². The minimum absolute atomic E-state index is 0.0584. The van der Waals surface area contributed by atoms with E-state index in [9.17, 15) is 15.0 Å². The molecule has 0 radical (unpaired) electrons. The molecule has 0 spiro atoms. The van der Waals surface area contributed by atoms with Crippen molar-refractivity contribution in [3.8, 4) is 5.75 Å². The lowest BCUT2D eigenvalue weighted by molar-refractivity contribution is 0.104. The number of carbonyl (C=O) groups is 1. The predicted molar refractivity (Wildman–Crippen MR) is 79.2 cm³/mol. The number of benzene rings is 2. The van der Waals surface area contributed by atoms with Crippen LogP contribution in [0.2, 0.25) is 5.02 Å². The third-order valence-corrected chi connectivity index (χ3v) is 3.29. The lowest BCUT2D eigenvalue weighted by Gasteiger charge is -2.05. The van der Waals surface area contributed by atoms with Gasteiger partial charge < -0.3 is 10.2 Å². The van der Waals surface area contributed by atoms with Gasteiger partial charge in [0.15, 0.2) is 5.78 Å². The third-order valence-electron chi connectivity index (χ3n) is 2.88.